The summed E-state index contributed by atoms with van der Waals surface area (Å²) in [6, 6.07) is 9.18. The molecule has 0 saturated heterocycles. The van der Waals surface area contributed by atoms with Crippen molar-refractivity contribution in [3.63, 3.8) is 0 Å². The topological polar surface area (TPSA) is 0 Å². The molecule has 1 rings (SSSR count). The molecule has 2 heteroatoms. The number of rotatable bonds is 0. The molecular weight excluding hydrogens is 241 g/mol. The van der Waals surface area contributed by atoms with Crippen LogP contribution in [-0.2, 0) is 16.3 Å². The van der Waals surface area contributed by atoms with Crippen molar-refractivity contribution in [2.75, 3.05) is 0 Å². The summed E-state index contributed by atoms with van der Waals surface area (Å²) >= 11 is 4.25. The van der Waals surface area contributed by atoms with Crippen molar-refractivity contribution in [3.05, 3.63) is 35.4 Å². The molecule has 0 heterocycles. The van der Waals surface area contributed by atoms with Gasteiger partial charge in [0, 0.05) is 0 Å². The fourth-order valence-electron chi connectivity index (χ4n) is 0.736. The Morgan fingerprint density at radius 1 is 1.40 bits per heavy atom. The van der Waals surface area contributed by atoms with Gasteiger partial charge in [0.1, 0.15) is 0 Å². The van der Waals surface area contributed by atoms with E-state index in [0.29, 0.717) is 0 Å². The molecule has 0 bridgehead atoms. The summed E-state index contributed by atoms with van der Waals surface area (Å²) in [5.41, 5.74) is 2.52. The molecule has 0 fully saturated rings. The van der Waals surface area contributed by atoms with E-state index < -0.39 is 0 Å². The standard InChI is InChI=1S/C8H9.BrH.Zn/c1-7-4-3-5-8(2)6-7;;/h3-4,6H,1-2H3;1H;/q-1;;+2/p-1. The third-order valence-electron chi connectivity index (χ3n) is 1.10. The van der Waals surface area contributed by atoms with Crippen molar-refractivity contribution in [3.8, 4) is 0 Å². The summed E-state index contributed by atoms with van der Waals surface area (Å²) in [7, 11) is 0. The summed E-state index contributed by atoms with van der Waals surface area (Å²) < 4.78 is 0. The van der Waals surface area contributed by atoms with Gasteiger partial charge in [-0.1, -0.05) is 13.8 Å². The second kappa shape index (κ2) is 6.06. The van der Waals surface area contributed by atoms with Crippen LogP contribution in [0, 0.1) is 19.9 Å². The Kier molecular flexibility index (Phi) is 6.26. The number of aryl methyl sites for hydroxylation is 2. The molecule has 0 N–H and O–H groups in total. The van der Waals surface area contributed by atoms with E-state index >= 15 is 0 Å². The quantitative estimate of drug-likeness (QED) is 0.490. The van der Waals surface area contributed by atoms with Crippen LogP contribution in [-0.4, -0.2) is 0 Å². The van der Waals surface area contributed by atoms with E-state index in [9.17, 15) is 0 Å². The van der Waals surface area contributed by atoms with Gasteiger partial charge < -0.3 is 0 Å². The Labute approximate surface area is 79.1 Å². The van der Waals surface area contributed by atoms with Crippen LogP contribution in [0.5, 0.6) is 0 Å². The van der Waals surface area contributed by atoms with Crippen LogP contribution in [0.15, 0.2) is 18.2 Å². The second-order valence-corrected chi connectivity index (χ2v) is 2.05. The molecule has 10 heavy (non-hydrogen) atoms. The van der Waals surface area contributed by atoms with E-state index in [1.807, 2.05) is 19.1 Å². The van der Waals surface area contributed by atoms with Crippen LogP contribution in [0.3, 0.4) is 0 Å². The van der Waals surface area contributed by atoms with Crippen molar-refractivity contribution in [2.45, 2.75) is 13.8 Å². The predicted molar refractivity (Wildman–Crippen MR) is 43.7 cm³/mol. The number of hydrogen-bond donors (Lipinski definition) is 0. The Morgan fingerprint density at radius 3 is 2.30 bits per heavy atom. The Bertz CT molecular complexity index is 169. The summed E-state index contributed by atoms with van der Waals surface area (Å²) in [6.07, 6.45) is 0. The maximum absolute atomic E-state index is 3.07. The monoisotopic (exact) mass is 248 g/mol. The van der Waals surface area contributed by atoms with Crippen LogP contribution in [0.1, 0.15) is 11.1 Å². The minimum atomic E-state index is 1.19. The molecule has 0 nitrogen and oxygen atoms in total. The van der Waals surface area contributed by atoms with Gasteiger partial charge in [-0.25, -0.2) is 0 Å². The Morgan fingerprint density at radius 2 is 2.00 bits per heavy atom. The summed E-state index contributed by atoms with van der Waals surface area (Å²) in [4.78, 5) is 0. The van der Waals surface area contributed by atoms with E-state index in [4.69, 9.17) is 0 Å². The van der Waals surface area contributed by atoms with Gasteiger partial charge in [0.15, 0.2) is 0 Å². The maximum atomic E-state index is 3.07. The second-order valence-electron chi connectivity index (χ2n) is 2.05. The van der Waals surface area contributed by atoms with Crippen molar-refractivity contribution in [2.24, 2.45) is 0 Å². The third kappa shape index (κ3) is 4.19. The summed E-state index contributed by atoms with van der Waals surface area (Å²) in [5, 5.41) is 0. The Hall–Kier alpha value is 0.323. The van der Waals surface area contributed by atoms with Gasteiger partial charge in [-0.2, -0.15) is 35.4 Å². The summed E-state index contributed by atoms with van der Waals surface area (Å²) in [5.74, 6) is 0. The van der Waals surface area contributed by atoms with E-state index in [2.05, 4.69) is 32.7 Å². The van der Waals surface area contributed by atoms with Gasteiger partial charge in [-0.3, -0.25) is 0 Å². The molecule has 0 amide bonds. The predicted octanol–water partition coefficient (Wildman–Crippen LogP) is 2.95. The Balaban J connectivity index is 0.000000371. The normalized spacial score (nSPS) is 8.10. The van der Waals surface area contributed by atoms with Crippen molar-refractivity contribution >= 4 is 13.6 Å². The average Bonchev–Trinajstić information content (AvgIpc) is 1.91. The van der Waals surface area contributed by atoms with Crippen LogP contribution in [0.4, 0.5) is 0 Å². The molecular formula is C8H9BrZn. The molecule has 0 saturated carbocycles. The van der Waals surface area contributed by atoms with Gasteiger partial charge in [-0.15, -0.1) is 0 Å². The molecule has 0 unspecified atom stereocenters. The van der Waals surface area contributed by atoms with Crippen LogP contribution in [0.2, 0.25) is 0 Å². The molecule has 50 valence electrons. The van der Waals surface area contributed by atoms with Crippen molar-refractivity contribution < 1.29 is 16.3 Å². The van der Waals surface area contributed by atoms with E-state index in [-0.39, 0.29) is 0 Å². The van der Waals surface area contributed by atoms with Crippen molar-refractivity contribution in [1.29, 1.82) is 0 Å². The van der Waals surface area contributed by atoms with E-state index in [0.717, 1.165) is 0 Å². The first kappa shape index (κ1) is 10.3. The zero-order valence-electron chi connectivity index (χ0n) is 6.32. The molecule has 0 spiro atoms. The zero-order chi connectivity index (χ0) is 7.98. The molecule has 0 aliphatic rings. The van der Waals surface area contributed by atoms with Gasteiger partial charge in [0.05, 0.1) is 0 Å². The SMILES string of the molecule is Cc1[c-]ccc(C)c1.[Zn+][Br]. The molecule has 1 aromatic rings. The molecule has 0 atom stereocenters. The van der Waals surface area contributed by atoms with Crippen LogP contribution >= 0.6 is 13.6 Å². The van der Waals surface area contributed by atoms with E-state index in [1.54, 1.807) is 0 Å². The third-order valence-corrected chi connectivity index (χ3v) is 1.10. The van der Waals surface area contributed by atoms with Gasteiger partial charge >= 0.3 is 30.0 Å². The van der Waals surface area contributed by atoms with Crippen LogP contribution < -0.4 is 0 Å². The van der Waals surface area contributed by atoms with Crippen molar-refractivity contribution in [1.82, 2.24) is 0 Å². The first-order valence-electron chi connectivity index (χ1n) is 3.01. The fourth-order valence-corrected chi connectivity index (χ4v) is 0.736. The molecule has 0 aliphatic heterocycles. The van der Waals surface area contributed by atoms with Crippen LogP contribution in [0.25, 0.3) is 0 Å². The minimum absolute atomic E-state index is 1.19. The summed E-state index contributed by atoms with van der Waals surface area (Å²) in [6.45, 7) is 4.13. The number of benzene rings is 1. The first-order chi connectivity index (χ1) is 4.79. The zero-order valence-corrected chi connectivity index (χ0v) is 10.9. The fraction of sp³-hybridized carbons (Fsp3) is 0.250. The molecule has 0 radical (unpaired) electrons. The first-order valence-corrected chi connectivity index (χ1v) is 9.95. The van der Waals surface area contributed by atoms with Gasteiger partial charge in [-0.05, 0) is 0 Å². The number of halogens is 1. The molecule has 0 aromatic heterocycles. The molecule has 1 aromatic carbocycles. The van der Waals surface area contributed by atoms with Gasteiger partial charge in [0.25, 0.3) is 0 Å². The average molecular weight is 250 g/mol. The van der Waals surface area contributed by atoms with Gasteiger partial charge in [0.2, 0.25) is 0 Å². The molecule has 0 aliphatic carbocycles. The number of hydrogen-bond acceptors (Lipinski definition) is 0. The van der Waals surface area contributed by atoms with E-state index in [1.165, 1.54) is 27.5 Å².